The minimum atomic E-state index is -4.98. The molecule has 1 rings (SSSR count). The van der Waals surface area contributed by atoms with Crippen molar-refractivity contribution in [2.75, 3.05) is 5.32 Å². The number of hydrogen-bond donors (Lipinski definition) is 2. The Labute approximate surface area is 120 Å². The molecule has 1 aromatic rings. The highest BCUT2D eigenvalue weighted by molar-refractivity contribution is 6.05. The summed E-state index contributed by atoms with van der Waals surface area (Å²) in [5, 5.41) is 4.37. The minimum absolute atomic E-state index is 0.267. The van der Waals surface area contributed by atoms with Crippen LogP contribution in [0.1, 0.15) is 27.2 Å². The van der Waals surface area contributed by atoms with E-state index in [1.807, 2.05) is 6.92 Å². The molecule has 1 heterocycles. The van der Waals surface area contributed by atoms with Crippen LogP contribution in [0.2, 0.25) is 0 Å². The van der Waals surface area contributed by atoms with Crippen LogP contribution in [0.25, 0.3) is 0 Å². The van der Waals surface area contributed by atoms with Gasteiger partial charge in [0.1, 0.15) is 0 Å². The van der Waals surface area contributed by atoms with Crippen LogP contribution in [0.4, 0.5) is 18.9 Å². The maximum atomic E-state index is 12.4. The summed E-state index contributed by atoms with van der Waals surface area (Å²) in [7, 11) is 0. The molecule has 0 unspecified atom stereocenters. The molecule has 1 amide bonds. The van der Waals surface area contributed by atoms with Gasteiger partial charge < -0.3 is 5.32 Å². The summed E-state index contributed by atoms with van der Waals surface area (Å²) >= 11 is 0. The third-order valence-corrected chi connectivity index (χ3v) is 2.69. The van der Waals surface area contributed by atoms with Crippen LogP contribution < -0.4 is 10.6 Å². The van der Waals surface area contributed by atoms with Crippen molar-refractivity contribution >= 4 is 17.6 Å². The van der Waals surface area contributed by atoms with Gasteiger partial charge in [0.15, 0.2) is 0 Å². The Balaban J connectivity index is 2.98. The average molecular weight is 302 g/mol. The predicted octanol–water partition coefficient (Wildman–Crippen LogP) is 2.72. The average Bonchev–Trinajstić information content (AvgIpc) is 2.38. The highest BCUT2D eigenvalue weighted by Crippen LogP contribution is 2.16. The summed E-state index contributed by atoms with van der Waals surface area (Å²) in [5.41, 5.74) is -0.200. The summed E-state index contributed by atoms with van der Waals surface area (Å²) in [6, 6.07) is 3.21. The van der Waals surface area contributed by atoms with E-state index in [0.717, 1.165) is 0 Å². The number of aliphatic imine (C=N–C) groups is 1. The Hall–Kier alpha value is -2.12. The highest BCUT2D eigenvalue weighted by Gasteiger charge is 2.39. The van der Waals surface area contributed by atoms with Crippen molar-refractivity contribution < 1.29 is 18.0 Å². The molecular weight excluding hydrogens is 285 g/mol. The number of halogens is 3. The third kappa shape index (κ3) is 5.80. The Morgan fingerprint density at radius 2 is 2.05 bits per heavy atom. The molecule has 0 radical (unpaired) electrons. The van der Waals surface area contributed by atoms with Gasteiger partial charge in [-0.25, -0.2) is 4.99 Å². The van der Waals surface area contributed by atoms with E-state index in [9.17, 15) is 18.0 Å². The number of aromatic nitrogens is 1. The zero-order chi connectivity index (χ0) is 16.1. The molecule has 2 N–H and O–H groups in total. The van der Waals surface area contributed by atoms with Gasteiger partial charge in [0.2, 0.25) is 5.96 Å². The van der Waals surface area contributed by atoms with Crippen molar-refractivity contribution in [1.29, 1.82) is 0 Å². The number of alkyl halides is 3. The number of anilines is 1. The second-order valence-electron chi connectivity index (χ2n) is 4.94. The largest absolute Gasteiger partial charge is 0.471 e. The Bertz CT molecular complexity index is 512. The first kappa shape index (κ1) is 16.9. The zero-order valence-electron chi connectivity index (χ0n) is 12.0. The van der Waals surface area contributed by atoms with Crippen molar-refractivity contribution in [1.82, 2.24) is 10.3 Å². The second-order valence-corrected chi connectivity index (χ2v) is 4.94. The monoisotopic (exact) mass is 302 g/mol. The number of guanidine groups is 1. The van der Waals surface area contributed by atoms with Crippen molar-refractivity contribution in [2.45, 2.75) is 38.9 Å². The molecule has 0 aliphatic rings. The lowest BCUT2D eigenvalue weighted by Gasteiger charge is -2.21. The molecule has 5 nitrogen and oxygen atoms in total. The van der Waals surface area contributed by atoms with E-state index in [4.69, 9.17) is 0 Å². The van der Waals surface area contributed by atoms with E-state index in [-0.39, 0.29) is 5.96 Å². The van der Waals surface area contributed by atoms with Gasteiger partial charge in [0, 0.05) is 6.20 Å². The lowest BCUT2D eigenvalue weighted by atomic mass is 10.0. The number of nitrogens with one attached hydrogen (secondary N) is 2. The van der Waals surface area contributed by atoms with Gasteiger partial charge in [-0.1, -0.05) is 6.92 Å². The summed E-state index contributed by atoms with van der Waals surface area (Å²) in [6.07, 6.45) is -1.46. The molecule has 21 heavy (non-hydrogen) atoms. The molecule has 1 aromatic heterocycles. The van der Waals surface area contributed by atoms with E-state index < -0.39 is 17.6 Å². The van der Waals surface area contributed by atoms with Crippen LogP contribution in [0.15, 0.2) is 29.5 Å². The maximum Gasteiger partial charge on any atom is 0.471 e. The van der Waals surface area contributed by atoms with Gasteiger partial charge in [0.05, 0.1) is 17.4 Å². The Kier molecular flexibility index (Phi) is 5.28. The Morgan fingerprint density at radius 3 is 2.52 bits per heavy atom. The predicted molar refractivity (Wildman–Crippen MR) is 73.9 cm³/mol. The first-order valence-electron chi connectivity index (χ1n) is 6.29. The smallest absolute Gasteiger partial charge is 0.325 e. The van der Waals surface area contributed by atoms with E-state index in [2.05, 4.69) is 15.3 Å². The van der Waals surface area contributed by atoms with Gasteiger partial charge in [-0.15, -0.1) is 0 Å². The number of carbonyl (C=O) groups is 1. The molecule has 116 valence electrons. The van der Waals surface area contributed by atoms with Crippen LogP contribution in [0, 0.1) is 0 Å². The van der Waals surface area contributed by atoms with Crippen molar-refractivity contribution in [2.24, 2.45) is 4.99 Å². The molecule has 0 spiro atoms. The molecule has 0 aromatic carbocycles. The topological polar surface area (TPSA) is 66.4 Å². The van der Waals surface area contributed by atoms with Crippen LogP contribution >= 0.6 is 0 Å². The molecule has 8 heteroatoms. The fourth-order valence-corrected chi connectivity index (χ4v) is 1.22. The molecule has 0 atom stereocenters. The number of rotatable bonds is 3. The van der Waals surface area contributed by atoms with Gasteiger partial charge >= 0.3 is 12.1 Å². The molecule has 0 saturated heterocycles. The summed E-state index contributed by atoms with van der Waals surface area (Å²) < 4.78 is 37.1. The number of pyridine rings is 1. The van der Waals surface area contributed by atoms with Crippen LogP contribution in [-0.4, -0.2) is 28.6 Å². The van der Waals surface area contributed by atoms with Crippen molar-refractivity contribution in [3.63, 3.8) is 0 Å². The fourth-order valence-electron chi connectivity index (χ4n) is 1.22. The van der Waals surface area contributed by atoms with E-state index >= 15 is 0 Å². The highest BCUT2D eigenvalue weighted by atomic mass is 19.4. The molecule has 0 bridgehead atoms. The third-order valence-electron chi connectivity index (χ3n) is 2.69. The number of carbonyl (C=O) groups excluding carboxylic acids is 1. The summed E-state index contributed by atoms with van der Waals surface area (Å²) in [4.78, 5) is 19.0. The summed E-state index contributed by atoms with van der Waals surface area (Å²) in [5.74, 6) is -2.35. The van der Waals surface area contributed by atoms with E-state index in [1.54, 1.807) is 31.3 Å². The van der Waals surface area contributed by atoms with Gasteiger partial charge in [0.25, 0.3) is 0 Å². The van der Waals surface area contributed by atoms with Crippen molar-refractivity contribution in [3.8, 4) is 0 Å². The Morgan fingerprint density at radius 1 is 1.38 bits per heavy atom. The van der Waals surface area contributed by atoms with Gasteiger partial charge in [-0.2, -0.15) is 13.2 Å². The minimum Gasteiger partial charge on any atom is -0.325 e. The lowest BCUT2D eigenvalue weighted by molar-refractivity contribution is -0.171. The lowest BCUT2D eigenvalue weighted by Crippen LogP contribution is -2.44. The quantitative estimate of drug-likeness (QED) is 0.666. The SMILES string of the molecule is CCC(C)(C)N=C(NC(=O)C(F)(F)F)Nc1cccnc1. The van der Waals surface area contributed by atoms with E-state index in [0.29, 0.717) is 12.1 Å². The fraction of sp³-hybridized carbons (Fsp3) is 0.462. The maximum absolute atomic E-state index is 12.4. The number of hydrogen-bond acceptors (Lipinski definition) is 3. The first-order chi connectivity index (χ1) is 9.64. The van der Waals surface area contributed by atoms with Crippen LogP contribution in [0.5, 0.6) is 0 Å². The second kappa shape index (κ2) is 6.55. The first-order valence-corrected chi connectivity index (χ1v) is 6.29. The molecule has 0 fully saturated rings. The number of amides is 1. The standard InChI is InChI=1S/C13H17F3N4O/c1-4-12(2,3)20-11(19-10(21)13(14,15)16)18-9-6-5-7-17-8-9/h5-8H,4H2,1-3H3,(H2,18,19,20,21). The van der Waals surface area contributed by atoms with Gasteiger partial charge in [-0.3, -0.25) is 15.1 Å². The van der Waals surface area contributed by atoms with Crippen molar-refractivity contribution in [3.05, 3.63) is 24.5 Å². The zero-order valence-corrected chi connectivity index (χ0v) is 12.0. The van der Waals surface area contributed by atoms with Crippen LogP contribution in [-0.2, 0) is 4.79 Å². The van der Waals surface area contributed by atoms with Gasteiger partial charge in [-0.05, 0) is 32.4 Å². The van der Waals surface area contributed by atoms with Crippen LogP contribution in [0.3, 0.4) is 0 Å². The summed E-state index contributed by atoms with van der Waals surface area (Å²) in [6.45, 7) is 5.34. The molecule has 0 saturated carbocycles. The normalized spacial score (nSPS) is 13.0. The molecular formula is C13H17F3N4O. The number of nitrogens with zero attached hydrogens (tertiary/aromatic N) is 2. The molecule has 0 aliphatic heterocycles. The molecule has 0 aliphatic carbocycles. The van der Waals surface area contributed by atoms with E-state index in [1.165, 1.54) is 12.4 Å².